The van der Waals surface area contributed by atoms with Gasteiger partial charge in [0.15, 0.2) is 0 Å². The molecular weight excluding hydrogens is 76.1 g/mol. The minimum atomic E-state index is 0.784. The van der Waals surface area contributed by atoms with Crippen LogP contribution in [0, 0.1) is 0 Å². The molecule has 1 aliphatic rings. The first kappa shape index (κ1) is 3.53. The Hall–Kier alpha value is -0.660. The fraction of sp³-hybridized carbons (Fsp3) is 0.500. The van der Waals surface area contributed by atoms with Crippen LogP contribution in [-0.2, 0) is 0 Å². The van der Waals surface area contributed by atoms with Gasteiger partial charge in [-0.2, -0.15) is 10.2 Å². The van der Waals surface area contributed by atoms with Crippen LogP contribution >= 0.6 is 0 Å². The molecule has 0 radical (unpaired) electrons. The fourth-order valence-corrected chi connectivity index (χ4v) is 0.366. The molecule has 32 valence electrons. The largest absolute Gasteiger partial charge is 0.185 e. The van der Waals surface area contributed by atoms with E-state index < -0.39 is 0 Å². The Kier molecular flexibility index (Phi) is 0.708. The van der Waals surface area contributed by atoms with E-state index in [4.69, 9.17) is 0 Å². The van der Waals surface area contributed by atoms with Crippen molar-refractivity contribution in [3.05, 3.63) is 11.8 Å². The number of nitrogens with zero attached hydrogens (tertiary/aromatic N) is 2. The van der Waals surface area contributed by atoms with Gasteiger partial charge in [-0.3, -0.25) is 0 Å². The average molecular weight is 82.1 g/mol. The van der Waals surface area contributed by atoms with E-state index in [9.17, 15) is 0 Å². The van der Waals surface area contributed by atoms with E-state index in [0.29, 0.717) is 0 Å². The molecule has 1 heterocycles. The second-order valence-electron chi connectivity index (χ2n) is 1.27. The molecule has 1 aliphatic heterocycles. The molecule has 2 heteroatoms. The predicted octanol–water partition coefficient (Wildman–Crippen LogP) is 1.36. The molecule has 0 N–H and O–H groups in total. The lowest BCUT2D eigenvalue weighted by molar-refractivity contribution is 1.11. The van der Waals surface area contributed by atoms with E-state index in [1.807, 2.05) is 13.0 Å². The van der Waals surface area contributed by atoms with Crippen LogP contribution in [0.4, 0.5) is 0 Å². The SMILES string of the molecule is CC1=CCN=N1. The summed E-state index contributed by atoms with van der Waals surface area (Å²) in [5.41, 5.74) is 1.04. The quantitative estimate of drug-likeness (QED) is 0.421. The van der Waals surface area contributed by atoms with E-state index >= 15 is 0 Å². The van der Waals surface area contributed by atoms with E-state index in [1.54, 1.807) is 0 Å². The zero-order chi connectivity index (χ0) is 4.41. The van der Waals surface area contributed by atoms with Gasteiger partial charge in [0.2, 0.25) is 0 Å². The molecule has 0 bridgehead atoms. The standard InChI is InChI=1S/C4H6N2/c1-4-2-3-5-6-4/h2H,3H2,1H3. The van der Waals surface area contributed by atoms with E-state index in [1.165, 1.54) is 0 Å². The van der Waals surface area contributed by atoms with Crippen molar-refractivity contribution in [1.29, 1.82) is 0 Å². The van der Waals surface area contributed by atoms with Crippen molar-refractivity contribution in [3.8, 4) is 0 Å². The topological polar surface area (TPSA) is 24.7 Å². The lowest BCUT2D eigenvalue weighted by Crippen LogP contribution is -1.57. The second-order valence-corrected chi connectivity index (χ2v) is 1.27. The summed E-state index contributed by atoms with van der Waals surface area (Å²) in [5, 5.41) is 7.42. The van der Waals surface area contributed by atoms with Gasteiger partial charge >= 0.3 is 0 Å². The lowest BCUT2D eigenvalue weighted by Gasteiger charge is -1.69. The highest BCUT2D eigenvalue weighted by Gasteiger charge is 1.87. The molecule has 0 saturated heterocycles. The van der Waals surface area contributed by atoms with Gasteiger partial charge in [0, 0.05) is 0 Å². The summed E-state index contributed by atoms with van der Waals surface area (Å²) < 4.78 is 0. The highest BCUT2D eigenvalue weighted by molar-refractivity contribution is 4.99. The van der Waals surface area contributed by atoms with Crippen molar-refractivity contribution in [1.82, 2.24) is 0 Å². The summed E-state index contributed by atoms with van der Waals surface area (Å²) in [5.74, 6) is 0. The third-order valence-corrected chi connectivity index (χ3v) is 0.697. The van der Waals surface area contributed by atoms with Gasteiger partial charge in [-0.05, 0) is 13.0 Å². The van der Waals surface area contributed by atoms with Crippen molar-refractivity contribution >= 4 is 0 Å². The summed E-state index contributed by atoms with van der Waals surface area (Å²) in [7, 11) is 0. The van der Waals surface area contributed by atoms with Crippen LogP contribution in [0.5, 0.6) is 0 Å². The molecule has 0 aromatic carbocycles. The third kappa shape index (κ3) is 0.455. The zero-order valence-corrected chi connectivity index (χ0v) is 3.68. The van der Waals surface area contributed by atoms with Crippen molar-refractivity contribution in [2.24, 2.45) is 10.2 Å². The Balaban J connectivity index is 2.68. The molecule has 0 unspecified atom stereocenters. The lowest BCUT2D eigenvalue weighted by atomic mass is 10.5. The van der Waals surface area contributed by atoms with Crippen molar-refractivity contribution < 1.29 is 0 Å². The molecule has 1 rings (SSSR count). The molecule has 0 aromatic rings. The van der Waals surface area contributed by atoms with Gasteiger partial charge in [0.05, 0.1) is 12.2 Å². The summed E-state index contributed by atoms with van der Waals surface area (Å²) in [6, 6.07) is 0. The molecule has 0 spiro atoms. The number of azo groups is 1. The maximum atomic E-state index is 3.72. The molecule has 6 heavy (non-hydrogen) atoms. The first-order valence-corrected chi connectivity index (χ1v) is 1.94. The summed E-state index contributed by atoms with van der Waals surface area (Å²) in [6.07, 6.45) is 1.99. The number of allylic oxidation sites excluding steroid dienone is 1. The normalized spacial score (nSPS) is 18.5. The smallest absolute Gasteiger partial charge is 0.0805 e. The molecular formula is C4H6N2. The van der Waals surface area contributed by atoms with Gasteiger partial charge in [0.25, 0.3) is 0 Å². The van der Waals surface area contributed by atoms with Gasteiger partial charge in [-0.15, -0.1) is 0 Å². The van der Waals surface area contributed by atoms with Crippen molar-refractivity contribution in [2.75, 3.05) is 6.54 Å². The monoisotopic (exact) mass is 82.1 g/mol. The first-order chi connectivity index (χ1) is 2.89. The third-order valence-electron chi connectivity index (χ3n) is 0.697. The molecule has 0 aromatic heterocycles. The number of rotatable bonds is 0. The first-order valence-electron chi connectivity index (χ1n) is 1.94. The van der Waals surface area contributed by atoms with Crippen molar-refractivity contribution in [3.63, 3.8) is 0 Å². The minimum absolute atomic E-state index is 0.784. The summed E-state index contributed by atoms with van der Waals surface area (Å²) >= 11 is 0. The Labute approximate surface area is 36.6 Å². The number of hydrogen-bond acceptors (Lipinski definition) is 2. The van der Waals surface area contributed by atoms with Crippen LogP contribution in [0.3, 0.4) is 0 Å². The molecule has 0 amide bonds. The molecule has 0 atom stereocenters. The summed E-state index contributed by atoms with van der Waals surface area (Å²) in [6.45, 7) is 2.72. The predicted molar refractivity (Wildman–Crippen MR) is 23.5 cm³/mol. The van der Waals surface area contributed by atoms with Crippen LogP contribution in [-0.4, -0.2) is 6.54 Å². The van der Waals surface area contributed by atoms with Crippen LogP contribution in [0.15, 0.2) is 22.0 Å². The van der Waals surface area contributed by atoms with Crippen LogP contribution in [0.25, 0.3) is 0 Å². The highest BCUT2D eigenvalue weighted by atomic mass is 15.1. The maximum Gasteiger partial charge on any atom is 0.0805 e. The van der Waals surface area contributed by atoms with E-state index in [-0.39, 0.29) is 0 Å². The Morgan fingerprint density at radius 2 is 2.67 bits per heavy atom. The Morgan fingerprint density at radius 1 is 1.83 bits per heavy atom. The van der Waals surface area contributed by atoms with Crippen LogP contribution in [0.1, 0.15) is 6.92 Å². The van der Waals surface area contributed by atoms with Gasteiger partial charge < -0.3 is 0 Å². The van der Waals surface area contributed by atoms with Gasteiger partial charge in [0.1, 0.15) is 0 Å². The van der Waals surface area contributed by atoms with Crippen LogP contribution < -0.4 is 0 Å². The number of hydrogen-bond donors (Lipinski definition) is 0. The Bertz CT molecular complexity index is 99.4. The zero-order valence-electron chi connectivity index (χ0n) is 3.68. The maximum absolute atomic E-state index is 3.72. The average Bonchev–Trinajstić information content (AvgIpc) is 1.86. The molecule has 0 aliphatic carbocycles. The molecule has 0 saturated carbocycles. The minimum Gasteiger partial charge on any atom is -0.185 e. The Morgan fingerprint density at radius 3 is 2.83 bits per heavy atom. The fourth-order valence-electron chi connectivity index (χ4n) is 0.366. The van der Waals surface area contributed by atoms with Crippen molar-refractivity contribution in [2.45, 2.75) is 6.92 Å². The second kappa shape index (κ2) is 1.20. The van der Waals surface area contributed by atoms with E-state index in [0.717, 1.165) is 12.2 Å². The van der Waals surface area contributed by atoms with Gasteiger partial charge in [-0.25, -0.2) is 0 Å². The summed E-state index contributed by atoms with van der Waals surface area (Å²) in [4.78, 5) is 0. The molecule has 2 nitrogen and oxygen atoms in total. The molecule has 0 fully saturated rings. The highest BCUT2D eigenvalue weighted by Crippen LogP contribution is 2.01. The van der Waals surface area contributed by atoms with Gasteiger partial charge in [-0.1, -0.05) is 0 Å². The van der Waals surface area contributed by atoms with E-state index in [2.05, 4.69) is 10.2 Å². The van der Waals surface area contributed by atoms with Crippen LogP contribution in [0.2, 0.25) is 0 Å².